The molecule has 0 aromatic carbocycles. The monoisotopic (exact) mass is 201 g/mol. The van der Waals surface area contributed by atoms with Gasteiger partial charge in [0, 0.05) is 13.1 Å². The zero-order valence-corrected chi connectivity index (χ0v) is 8.90. The highest BCUT2D eigenvalue weighted by atomic mass is 16.5. The van der Waals surface area contributed by atoms with Gasteiger partial charge in [-0.25, -0.2) is 0 Å². The fourth-order valence-corrected chi connectivity index (χ4v) is 1.91. The molecule has 0 spiro atoms. The number of methoxy groups -OCH3 is 1. The van der Waals surface area contributed by atoms with Gasteiger partial charge in [0.1, 0.15) is 0 Å². The van der Waals surface area contributed by atoms with Crippen molar-refractivity contribution in [2.24, 2.45) is 5.92 Å². The van der Waals surface area contributed by atoms with Gasteiger partial charge in [-0.15, -0.1) is 0 Å². The summed E-state index contributed by atoms with van der Waals surface area (Å²) >= 11 is 0. The molecular weight excluding hydrogens is 182 g/mol. The predicted octanol–water partition coefficient (Wildman–Crippen LogP) is 0.252. The van der Waals surface area contributed by atoms with E-state index in [-0.39, 0.29) is 11.9 Å². The molecule has 0 bridgehead atoms. The molecule has 82 valence electrons. The number of carbonyl (C=O) groups is 1. The van der Waals surface area contributed by atoms with Crippen LogP contribution < -0.4 is 0 Å². The van der Waals surface area contributed by atoms with Gasteiger partial charge in [-0.2, -0.15) is 0 Å². The van der Waals surface area contributed by atoms with Crippen molar-refractivity contribution in [1.82, 2.24) is 4.90 Å². The third-order valence-electron chi connectivity index (χ3n) is 2.70. The highest BCUT2D eigenvalue weighted by Crippen LogP contribution is 2.18. The van der Waals surface area contributed by atoms with Crippen LogP contribution in [0, 0.1) is 5.92 Å². The van der Waals surface area contributed by atoms with Gasteiger partial charge < -0.3 is 14.7 Å². The van der Waals surface area contributed by atoms with E-state index in [4.69, 9.17) is 0 Å². The number of aliphatic hydroxyl groups is 1. The van der Waals surface area contributed by atoms with Gasteiger partial charge >= 0.3 is 5.97 Å². The van der Waals surface area contributed by atoms with E-state index in [2.05, 4.69) is 16.6 Å². The third kappa shape index (κ3) is 2.69. The van der Waals surface area contributed by atoms with E-state index in [0.717, 1.165) is 19.5 Å². The second-order valence-corrected chi connectivity index (χ2v) is 3.79. The zero-order valence-electron chi connectivity index (χ0n) is 8.90. The third-order valence-corrected chi connectivity index (χ3v) is 2.70. The van der Waals surface area contributed by atoms with Crippen molar-refractivity contribution >= 4 is 5.97 Å². The Hall–Kier alpha value is -0.610. The fourth-order valence-electron chi connectivity index (χ4n) is 1.91. The Morgan fingerprint density at radius 1 is 1.64 bits per heavy atom. The number of nitrogens with zero attached hydrogens (tertiary/aromatic N) is 1. The molecule has 1 aliphatic heterocycles. The van der Waals surface area contributed by atoms with Crippen molar-refractivity contribution in [3.63, 3.8) is 0 Å². The van der Waals surface area contributed by atoms with E-state index >= 15 is 0 Å². The number of carbonyl (C=O) groups excluding carboxylic acids is 1. The largest absolute Gasteiger partial charge is 0.469 e. The van der Waals surface area contributed by atoms with Crippen LogP contribution in [0.3, 0.4) is 0 Å². The second kappa shape index (κ2) is 5.32. The number of hydrogen-bond donors (Lipinski definition) is 1. The van der Waals surface area contributed by atoms with E-state index in [1.165, 1.54) is 7.11 Å². The van der Waals surface area contributed by atoms with Gasteiger partial charge in [-0.1, -0.05) is 6.92 Å². The Morgan fingerprint density at radius 2 is 2.36 bits per heavy atom. The van der Waals surface area contributed by atoms with Crippen LogP contribution in [0.4, 0.5) is 0 Å². The van der Waals surface area contributed by atoms with E-state index in [1.807, 2.05) is 0 Å². The minimum absolute atomic E-state index is 0.293. The Labute approximate surface area is 84.8 Å². The van der Waals surface area contributed by atoms with Crippen LogP contribution in [0.25, 0.3) is 0 Å². The van der Waals surface area contributed by atoms with E-state index in [9.17, 15) is 9.90 Å². The van der Waals surface area contributed by atoms with Crippen LogP contribution in [-0.4, -0.2) is 48.8 Å². The van der Waals surface area contributed by atoms with Crippen LogP contribution in [0.5, 0.6) is 0 Å². The molecule has 1 fully saturated rings. The molecule has 1 saturated heterocycles. The Bertz CT molecular complexity index is 196. The average molecular weight is 201 g/mol. The molecule has 0 aromatic rings. The number of ether oxygens (including phenoxy) is 1. The molecule has 0 saturated carbocycles. The summed E-state index contributed by atoms with van der Waals surface area (Å²) in [4.78, 5) is 13.5. The van der Waals surface area contributed by atoms with E-state index in [0.29, 0.717) is 13.0 Å². The second-order valence-electron chi connectivity index (χ2n) is 3.79. The molecule has 14 heavy (non-hydrogen) atoms. The van der Waals surface area contributed by atoms with Crippen molar-refractivity contribution in [2.75, 3.05) is 26.7 Å². The Balaban J connectivity index is 2.50. The molecule has 0 aromatic heterocycles. The van der Waals surface area contributed by atoms with Crippen molar-refractivity contribution in [1.29, 1.82) is 0 Å². The topological polar surface area (TPSA) is 49.8 Å². The molecule has 2 atom stereocenters. The molecule has 4 nitrogen and oxygen atoms in total. The van der Waals surface area contributed by atoms with Crippen molar-refractivity contribution in [3.05, 3.63) is 0 Å². The summed E-state index contributed by atoms with van der Waals surface area (Å²) in [5.41, 5.74) is 0. The van der Waals surface area contributed by atoms with Crippen LogP contribution in [0.15, 0.2) is 0 Å². The van der Waals surface area contributed by atoms with E-state index in [1.54, 1.807) is 0 Å². The summed E-state index contributed by atoms with van der Waals surface area (Å²) in [6.07, 6.45) is 1.21. The number of esters is 1. The summed E-state index contributed by atoms with van der Waals surface area (Å²) in [5.74, 6) is -0.654. The van der Waals surface area contributed by atoms with Crippen LogP contribution in [0.1, 0.15) is 19.8 Å². The van der Waals surface area contributed by atoms with Gasteiger partial charge in [0.2, 0.25) is 0 Å². The molecule has 0 radical (unpaired) electrons. The quantitative estimate of drug-likeness (QED) is 0.665. The van der Waals surface area contributed by atoms with E-state index < -0.39 is 6.10 Å². The zero-order chi connectivity index (χ0) is 10.6. The molecule has 1 N–H and O–H groups in total. The lowest BCUT2D eigenvalue weighted by Crippen LogP contribution is -2.47. The molecule has 0 unspecified atom stereocenters. The summed E-state index contributed by atoms with van der Waals surface area (Å²) < 4.78 is 4.66. The minimum Gasteiger partial charge on any atom is -0.469 e. The smallest absolute Gasteiger partial charge is 0.312 e. The first kappa shape index (κ1) is 11.5. The molecule has 1 rings (SSSR count). The summed E-state index contributed by atoms with van der Waals surface area (Å²) in [6, 6.07) is 0. The maximum atomic E-state index is 11.3. The van der Waals surface area contributed by atoms with Crippen molar-refractivity contribution in [3.8, 4) is 0 Å². The summed E-state index contributed by atoms with van der Waals surface area (Å²) in [7, 11) is 1.37. The summed E-state index contributed by atoms with van der Waals surface area (Å²) in [6.45, 7) is 4.60. The highest BCUT2D eigenvalue weighted by molar-refractivity contribution is 5.73. The number of rotatable bonds is 3. The molecule has 0 amide bonds. The van der Waals surface area contributed by atoms with Gasteiger partial charge in [0.05, 0.1) is 19.1 Å². The first-order valence-corrected chi connectivity index (χ1v) is 5.17. The molecule has 0 aliphatic carbocycles. The van der Waals surface area contributed by atoms with Gasteiger partial charge in [0.25, 0.3) is 0 Å². The number of likely N-dealkylation sites (tertiary alicyclic amines) is 1. The van der Waals surface area contributed by atoms with Crippen molar-refractivity contribution in [2.45, 2.75) is 25.9 Å². The minimum atomic E-state index is -0.532. The van der Waals surface area contributed by atoms with Gasteiger partial charge in [0.15, 0.2) is 0 Å². The number of hydrogen-bond acceptors (Lipinski definition) is 4. The highest BCUT2D eigenvalue weighted by Gasteiger charge is 2.33. The number of aliphatic hydroxyl groups excluding tert-OH is 1. The lowest BCUT2D eigenvalue weighted by Gasteiger charge is -2.34. The first-order chi connectivity index (χ1) is 6.69. The Morgan fingerprint density at radius 3 is 2.93 bits per heavy atom. The predicted molar refractivity (Wildman–Crippen MR) is 52.9 cm³/mol. The Kier molecular flexibility index (Phi) is 4.35. The number of piperidine rings is 1. The molecule has 4 heteroatoms. The molecule has 1 aliphatic rings. The van der Waals surface area contributed by atoms with Crippen LogP contribution in [-0.2, 0) is 9.53 Å². The average Bonchev–Trinajstić information content (AvgIpc) is 2.20. The first-order valence-electron chi connectivity index (χ1n) is 5.17. The van der Waals surface area contributed by atoms with Gasteiger partial charge in [-0.3, -0.25) is 4.79 Å². The van der Waals surface area contributed by atoms with Crippen LogP contribution >= 0.6 is 0 Å². The SMILES string of the molecule is CCCN1CC[C@H](O)[C@H](C(=O)OC)C1. The lowest BCUT2D eigenvalue weighted by molar-refractivity contribution is -0.152. The van der Waals surface area contributed by atoms with Crippen molar-refractivity contribution < 1.29 is 14.6 Å². The fraction of sp³-hybridized carbons (Fsp3) is 0.900. The molecular formula is C10H19NO3. The standard InChI is InChI=1S/C10H19NO3/c1-3-5-11-6-4-9(12)8(7-11)10(13)14-2/h8-9,12H,3-7H2,1-2H3/t8-,9+/m1/s1. The normalized spacial score (nSPS) is 28.8. The molecule has 1 heterocycles. The lowest BCUT2D eigenvalue weighted by atomic mass is 9.95. The van der Waals surface area contributed by atoms with Crippen LogP contribution in [0.2, 0.25) is 0 Å². The maximum Gasteiger partial charge on any atom is 0.312 e. The maximum absolute atomic E-state index is 11.3. The summed E-state index contributed by atoms with van der Waals surface area (Å²) in [5, 5.41) is 9.63. The van der Waals surface area contributed by atoms with Gasteiger partial charge in [-0.05, 0) is 19.4 Å².